The number of carbonyl (C=O) groups is 3. The lowest BCUT2D eigenvalue weighted by Crippen LogP contribution is -2.36. The first-order valence-corrected chi connectivity index (χ1v) is 9.75. The first kappa shape index (κ1) is 18.0. The summed E-state index contributed by atoms with van der Waals surface area (Å²) in [6.07, 6.45) is 1.93. The summed E-state index contributed by atoms with van der Waals surface area (Å²) < 4.78 is 22.5. The maximum Gasteiger partial charge on any atom is 0.242 e. The van der Waals surface area contributed by atoms with Gasteiger partial charge in [-0.3, -0.25) is 19.3 Å². The Morgan fingerprint density at radius 2 is 2.10 bits per heavy atom. The van der Waals surface area contributed by atoms with E-state index in [9.17, 15) is 22.8 Å². The Labute approximate surface area is 128 Å². The van der Waals surface area contributed by atoms with Crippen LogP contribution in [0.2, 0.25) is 0 Å². The summed E-state index contributed by atoms with van der Waals surface area (Å²) in [6, 6.07) is 0. The number of carbonyl (C=O) groups excluding carboxylic acids is 3. The number of amides is 3. The fourth-order valence-electron chi connectivity index (χ4n) is 1.86. The number of hydrogen-bond donors (Lipinski definition) is 1. The van der Waals surface area contributed by atoms with Gasteiger partial charge in [0.1, 0.15) is 0 Å². The second-order valence-electron chi connectivity index (χ2n) is 4.65. The summed E-state index contributed by atoms with van der Waals surface area (Å²) in [5, 5.41) is 2.13. The van der Waals surface area contributed by atoms with Crippen LogP contribution in [0.3, 0.4) is 0 Å². The van der Waals surface area contributed by atoms with Gasteiger partial charge in [-0.25, -0.2) is 8.42 Å². The molecule has 120 valence electrons. The predicted molar refractivity (Wildman–Crippen MR) is 80.6 cm³/mol. The van der Waals surface area contributed by atoms with Gasteiger partial charge < -0.3 is 5.32 Å². The first-order chi connectivity index (χ1) is 9.80. The molecule has 3 amide bonds. The van der Waals surface area contributed by atoms with Crippen molar-refractivity contribution < 1.29 is 22.8 Å². The standard InChI is InChI=1S/C12H20N2O5S2/c1-3-21(18,19)7-5-13-10(15)4-6-14-11(16)8-9(20-2)12(14)17/h9H,3-8H2,1-2H3,(H,13,15). The molecular weight excluding hydrogens is 316 g/mol. The molecule has 1 aliphatic heterocycles. The van der Waals surface area contributed by atoms with Crippen molar-refractivity contribution in [3.63, 3.8) is 0 Å². The number of rotatable bonds is 8. The summed E-state index contributed by atoms with van der Waals surface area (Å²) in [6.45, 7) is 1.63. The maximum absolute atomic E-state index is 11.8. The van der Waals surface area contributed by atoms with E-state index in [0.717, 1.165) is 4.90 Å². The van der Waals surface area contributed by atoms with Crippen LogP contribution in [0.4, 0.5) is 0 Å². The summed E-state index contributed by atoms with van der Waals surface area (Å²) in [4.78, 5) is 36.1. The first-order valence-electron chi connectivity index (χ1n) is 6.65. The third-order valence-corrected chi connectivity index (χ3v) is 5.87. The molecule has 0 radical (unpaired) electrons. The Morgan fingerprint density at radius 1 is 1.43 bits per heavy atom. The Hall–Kier alpha value is -1.09. The van der Waals surface area contributed by atoms with Gasteiger partial charge >= 0.3 is 0 Å². The van der Waals surface area contributed by atoms with Crippen molar-refractivity contribution >= 4 is 39.3 Å². The highest BCUT2D eigenvalue weighted by molar-refractivity contribution is 8.00. The van der Waals surface area contributed by atoms with Gasteiger partial charge in [0.05, 0.1) is 11.0 Å². The molecule has 0 aromatic heterocycles. The van der Waals surface area contributed by atoms with E-state index in [0.29, 0.717) is 0 Å². The van der Waals surface area contributed by atoms with E-state index < -0.39 is 9.84 Å². The number of nitrogens with one attached hydrogen (secondary N) is 1. The Bertz CT molecular complexity index is 518. The molecule has 9 heteroatoms. The summed E-state index contributed by atoms with van der Waals surface area (Å²) in [7, 11) is -3.11. The van der Waals surface area contributed by atoms with Gasteiger partial charge in [0, 0.05) is 31.7 Å². The Morgan fingerprint density at radius 3 is 2.62 bits per heavy atom. The van der Waals surface area contributed by atoms with Crippen molar-refractivity contribution in [3.05, 3.63) is 0 Å². The topological polar surface area (TPSA) is 101 Å². The molecule has 0 spiro atoms. The van der Waals surface area contributed by atoms with Crippen molar-refractivity contribution in [2.75, 3.05) is 30.9 Å². The van der Waals surface area contributed by atoms with Crippen molar-refractivity contribution in [1.82, 2.24) is 10.2 Å². The van der Waals surface area contributed by atoms with Gasteiger partial charge in [-0.2, -0.15) is 11.8 Å². The number of hydrogen-bond acceptors (Lipinski definition) is 6. The molecule has 0 bridgehead atoms. The van der Waals surface area contributed by atoms with E-state index in [1.807, 2.05) is 0 Å². The highest BCUT2D eigenvalue weighted by Crippen LogP contribution is 2.22. The van der Waals surface area contributed by atoms with Crippen LogP contribution in [0.1, 0.15) is 19.8 Å². The molecular formula is C12H20N2O5S2. The lowest BCUT2D eigenvalue weighted by atomic mass is 10.3. The normalized spacial score (nSPS) is 19.1. The lowest BCUT2D eigenvalue weighted by Gasteiger charge is -2.14. The van der Waals surface area contributed by atoms with Crippen molar-refractivity contribution in [2.45, 2.75) is 25.0 Å². The van der Waals surface area contributed by atoms with E-state index >= 15 is 0 Å². The van der Waals surface area contributed by atoms with Gasteiger partial charge in [-0.1, -0.05) is 6.92 Å². The number of sulfone groups is 1. The number of nitrogens with zero attached hydrogens (tertiary/aromatic N) is 1. The van der Waals surface area contributed by atoms with E-state index in [2.05, 4.69) is 5.32 Å². The van der Waals surface area contributed by atoms with Crippen molar-refractivity contribution in [3.8, 4) is 0 Å². The Balaban J connectivity index is 2.34. The van der Waals surface area contributed by atoms with Crippen LogP contribution in [-0.2, 0) is 24.2 Å². The molecule has 0 aromatic carbocycles. The van der Waals surface area contributed by atoms with Gasteiger partial charge in [0.25, 0.3) is 0 Å². The van der Waals surface area contributed by atoms with Gasteiger partial charge in [-0.15, -0.1) is 0 Å². The van der Waals surface area contributed by atoms with Crippen LogP contribution in [0.15, 0.2) is 0 Å². The average molecular weight is 336 g/mol. The predicted octanol–water partition coefficient (Wildman–Crippen LogP) is -0.582. The minimum absolute atomic E-state index is 0.00917. The molecule has 0 aromatic rings. The molecule has 1 aliphatic rings. The third-order valence-electron chi connectivity index (χ3n) is 3.22. The van der Waals surface area contributed by atoms with Crippen LogP contribution >= 0.6 is 11.8 Å². The van der Waals surface area contributed by atoms with Crippen molar-refractivity contribution in [1.29, 1.82) is 0 Å². The maximum atomic E-state index is 11.8. The van der Waals surface area contributed by atoms with E-state index in [1.165, 1.54) is 11.8 Å². The number of likely N-dealkylation sites (tertiary alicyclic amines) is 1. The smallest absolute Gasteiger partial charge is 0.242 e. The summed E-state index contributed by atoms with van der Waals surface area (Å²) in [5.74, 6) is -0.953. The van der Waals surface area contributed by atoms with E-state index in [-0.39, 0.29) is 60.4 Å². The van der Waals surface area contributed by atoms with Gasteiger partial charge in [0.2, 0.25) is 17.7 Å². The zero-order valence-electron chi connectivity index (χ0n) is 12.1. The SMILES string of the molecule is CCS(=O)(=O)CCNC(=O)CCN1C(=O)CC(SC)C1=O. The summed E-state index contributed by atoms with van der Waals surface area (Å²) >= 11 is 1.32. The van der Waals surface area contributed by atoms with Crippen LogP contribution < -0.4 is 5.32 Å². The number of imide groups is 1. The molecule has 1 N–H and O–H groups in total. The second-order valence-corrected chi connectivity index (χ2v) is 8.16. The van der Waals surface area contributed by atoms with E-state index in [1.54, 1.807) is 13.2 Å². The van der Waals surface area contributed by atoms with Crippen LogP contribution in [0.5, 0.6) is 0 Å². The molecule has 7 nitrogen and oxygen atoms in total. The minimum atomic E-state index is -3.11. The van der Waals surface area contributed by atoms with Crippen LogP contribution in [0.25, 0.3) is 0 Å². The zero-order chi connectivity index (χ0) is 16.0. The molecule has 1 unspecified atom stereocenters. The van der Waals surface area contributed by atoms with Gasteiger partial charge in [-0.05, 0) is 6.26 Å². The third kappa shape index (κ3) is 5.31. The van der Waals surface area contributed by atoms with Crippen LogP contribution in [0, 0.1) is 0 Å². The number of thioether (sulfide) groups is 1. The lowest BCUT2D eigenvalue weighted by molar-refractivity contribution is -0.138. The average Bonchev–Trinajstić information content (AvgIpc) is 2.71. The monoisotopic (exact) mass is 336 g/mol. The summed E-state index contributed by atoms with van der Waals surface area (Å²) in [5.41, 5.74) is 0. The van der Waals surface area contributed by atoms with Gasteiger partial charge in [0.15, 0.2) is 9.84 Å². The molecule has 0 saturated carbocycles. The zero-order valence-corrected chi connectivity index (χ0v) is 13.8. The second kappa shape index (κ2) is 7.79. The largest absolute Gasteiger partial charge is 0.355 e. The molecule has 1 rings (SSSR count). The Kier molecular flexibility index (Phi) is 6.66. The molecule has 21 heavy (non-hydrogen) atoms. The highest BCUT2D eigenvalue weighted by atomic mass is 32.2. The molecule has 1 fully saturated rings. The van der Waals surface area contributed by atoms with Crippen LogP contribution in [-0.4, -0.2) is 67.1 Å². The molecule has 1 heterocycles. The molecule has 1 saturated heterocycles. The van der Waals surface area contributed by atoms with E-state index in [4.69, 9.17) is 0 Å². The molecule has 0 aliphatic carbocycles. The quantitative estimate of drug-likeness (QED) is 0.595. The minimum Gasteiger partial charge on any atom is -0.355 e. The molecule has 1 atom stereocenters. The fourth-order valence-corrected chi connectivity index (χ4v) is 3.20. The fraction of sp³-hybridized carbons (Fsp3) is 0.750. The van der Waals surface area contributed by atoms with Crippen molar-refractivity contribution in [2.24, 2.45) is 0 Å². The highest BCUT2D eigenvalue weighted by Gasteiger charge is 2.37.